The van der Waals surface area contributed by atoms with Gasteiger partial charge in [0.15, 0.2) is 5.78 Å². The number of nitrogens with zero attached hydrogens (tertiary/aromatic N) is 6. The smallest absolute Gasteiger partial charge is 0.324 e. The number of pyridine rings is 1. The molecule has 3 amide bonds. The van der Waals surface area contributed by atoms with E-state index in [1.807, 2.05) is 51.1 Å². The van der Waals surface area contributed by atoms with E-state index in [-0.39, 0.29) is 67.1 Å². The predicted molar refractivity (Wildman–Crippen MR) is 266 cm³/mol. The summed E-state index contributed by atoms with van der Waals surface area (Å²) in [5, 5.41) is 14.0. The second-order valence-electron chi connectivity index (χ2n) is 21.6. The van der Waals surface area contributed by atoms with Crippen molar-refractivity contribution in [2.45, 2.75) is 97.4 Å². The quantitative estimate of drug-likeness (QED) is 0.131. The molecule has 2 aromatic heterocycles. The maximum absolute atomic E-state index is 15.3. The highest BCUT2D eigenvalue weighted by Crippen LogP contribution is 2.59. The number of amides is 3. The van der Waals surface area contributed by atoms with E-state index in [9.17, 15) is 19.5 Å². The van der Waals surface area contributed by atoms with Crippen molar-refractivity contribution < 1.29 is 38.6 Å². The molecule has 2 unspecified atom stereocenters. The highest BCUT2D eigenvalue weighted by molar-refractivity contribution is 6.01. The Morgan fingerprint density at radius 1 is 1.04 bits per heavy atom. The molecule has 4 aromatic rings. The molecule has 6 bridgehead atoms. The van der Waals surface area contributed by atoms with Crippen molar-refractivity contribution in [3.8, 4) is 28.1 Å². The number of phenols is 1. The number of fused-ring (bicyclic) bond motifs is 8. The maximum atomic E-state index is 15.3. The van der Waals surface area contributed by atoms with Crippen LogP contribution in [0.2, 0.25) is 0 Å². The molecule has 2 saturated heterocycles. The molecule has 2 aromatic carbocycles. The maximum Gasteiger partial charge on any atom is 0.324 e. The number of cyclic esters (lactones) is 1. The Bertz CT molecular complexity index is 2760. The summed E-state index contributed by atoms with van der Waals surface area (Å²) in [5.41, 5.74) is 8.59. The number of nitrogens with one attached hydrogen (secondary N) is 1. The number of ketones is 1. The van der Waals surface area contributed by atoms with Gasteiger partial charge in [-0.2, -0.15) is 0 Å². The van der Waals surface area contributed by atoms with Crippen LogP contribution in [0.1, 0.15) is 89.1 Å². The van der Waals surface area contributed by atoms with Crippen molar-refractivity contribution in [1.29, 1.82) is 0 Å². The lowest BCUT2D eigenvalue weighted by Crippen LogP contribution is -2.58. The third kappa shape index (κ3) is 8.71. The van der Waals surface area contributed by atoms with Crippen LogP contribution in [-0.2, 0) is 46.4 Å². The monoisotopic (exact) mass is 956 g/mol. The number of benzene rings is 2. The van der Waals surface area contributed by atoms with Crippen molar-refractivity contribution in [1.82, 2.24) is 34.7 Å². The van der Waals surface area contributed by atoms with Gasteiger partial charge in [-0.3, -0.25) is 34.0 Å². The first-order valence-electron chi connectivity index (χ1n) is 25.0. The number of hydrogen-bond acceptors (Lipinski definition) is 11. The molecular formula is C55H69N7O8. The number of phenolic OH excluding ortho intramolecular Hbond substituents is 1. The number of Topliss-reactive ketones (excluding diaryl/α,β-unsaturated/α-hetero) is 1. The number of aryl methyl sites for hydroxylation is 1. The summed E-state index contributed by atoms with van der Waals surface area (Å²) in [7, 11) is 7.21. The zero-order valence-corrected chi connectivity index (χ0v) is 42.2. The van der Waals surface area contributed by atoms with Gasteiger partial charge >= 0.3 is 5.97 Å². The number of ether oxygens (including phenoxy) is 2. The Hall–Kier alpha value is -5.90. The number of aromatic hydroxyl groups is 1. The van der Waals surface area contributed by atoms with Crippen LogP contribution in [-0.4, -0.2) is 137 Å². The molecule has 3 aliphatic heterocycles. The molecule has 2 aliphatic carbocycles. The Balaban J connectivity index is 1.10. The molecule has 1 spiro atoms. The van der Waals surface area contributed by atoms with E-state index in [2.05, 4.69) is 55.0 Å². The number of hydrogen-bond donors (Lipinski definition) is 2. The minimum absolute atomic E-state index is 0.0290. The molecule has 15 nitrogen and oxygen atoms in total. The molecule has 372 valence electrons. The fourth-order valence-corrected chi connectivity index (χ4v) is 12.2. The van der Waals surface area contributed by atoms with Crippen molar-refractivity contribution >= 4 is 40.4 Å². The molecule has 9 rings (SSSR count). The van der Waals surface area contributed by atoms with E-state index in [0.717, 1.165) is 44.5 Å². The van der Waals surface area contributed by atoms with Crippen molar-refractivity contribution in [2.75, 3.05) is 61.0 Å². The van der Waals surface area contributed by atoms with Gasteiger partial charge in [0.1, 0.15) is 17.9 Å². The summed E-state index contributed by atoms with van der Waals surface area (Å²) in [6.45, 7) is 12.5. The normalized spacial score (nSPS) is 25.6. The molecule has 2 N–H and O–H groups in total. The van der Waals surface area contributed by atoms with Gasteiger partial charge in [-0.05, 0) is 118 Å². The molecule has 7 atom stereocenters. The zero-order valence-electron chi connectivity index (χ0n) is 42.2. The first-order valence-corrected chi connectivity index (χ1v) is 25.0. The zero-order chi connectivity index (χ0) is 50.0. The van der Waals surface area contributed by atoms with E-state index in [0.29, 0.717) is 51.0 Å². The molecule has 0 radical (unpaired) electrons. The second-order valence-corrected chi connectivity index (χ2v) is 21.6. The van der Waals surface area contributed by atoms with Gasteiger partial charge in [-0.1, -0.05) is 45.9 Å². The van der Waals surface area contributed by atoms with Crippen LogP contribution >= 0.6 is 0 Å². The van der Waals surface area contributed by atoms with E-state index >= 15 is 9.59 Å². The Morgan fingerprint density at radius 2 is 1.83 bits per heavy atom. The Kier molecular flexibility index (Phi) is 13.3. The molecule has 15 heteroatoms. The summed E-state index contributed by atoms with van der Waals surface area (Å²) in [6, 6.07) is 14.1. The van der Waals surface area contributed by atoms with Crippen LogP contribution in [0.15, 0.2) is 66.9 Å². The van der Waals surface area contributed by atoms with E-state index < -0.39 is 46.8 Å². The molecular weight excluding hydrogens is 887 g/mol. The number of likely N-dealkylation sites (N-methyl/N-ethyl adjacent to an activating group) is 2. The first kappa shape index (κ1) is 49.1. The predicted octanol–water partition coefficient (Wildman–Crippen LogP) is 6.53. The number of esters is 1. The van der Waals surface area contributed by atoms with Crippen LogP contribution < -0.4 is 5.43 Å². The number of hydrazine groups is 1. The number of likely N-dealkylation sites (tertiary alicyclic amines) is 1. The number of carbonyl (C=O) groups excluding carboxylic acids is 5. The van der Waals surface area contributed by atoms with E-state index in [4.69, 9.17) is 14.5 Å². The molecule has 3 fully saturated rings. The number of aromatic nitrogens is 2. The van der Waals surface area contributed by atoms with Crippen LogP contribution in [0.3, 0.4) is 0 Å². The van der Waals surface area contributed by atoms with Crippen molar-refractivity contribution in [2.24, 2.45) is 28.6 Å². The molecule has 5 heterocycles. The van der Waals surface area contributed by atoms with Crippen molar-refractivity contribution in [3.05, 3.63) is 83.7 Å². The number of rotatable bonds is 10. The van der Waals surface area contributed by atoms with Gasteiger partial charge in [0.05, 0.1) is 35.4 Å². The molecule has 5 aliphatic rings. The van der Waals surface area contributed by atoms with Crippen LogP contribution in [0.25, 0.3) is 33.3 Å². The minimum atomic E-state index is -1.23. The van der Waals surface area contributed by atoms with E-state index in [1.165, 1.54) is 5.01 Å². The van der Waals surface area contributed by atoms with Crippen LogP contribution in [0.4, 0.5) is 0 Å². The molecule has 70 heavy (non-hydrogen) atoms. The fraction of sp³-hybridized carbons (Fsp3) is 0.527. The van der Waals surface area contributed by atoms with Gasteiger partial charge in [-0.25, -0.2) is 5.43 Å². The third-order valence-electron chi connectivity index (χ3n) is 15.7. The topological polar surface area (TPSA) is 167 Å². The molecule has 1 saturated carbocycles. The second kappa shape index (κ2) is 19.0. The number of carbonyl (C=O) groups is 5. The highest BCUT2D eigenvalue weighted by Gasteiger charge is 2.66. The van der Waals surface area contributed by atoms with Gasteiger partial charge < -0.3 is 33.8 Å². The number of methoxy groups -OCH3 is 1. The van der Waals surface area contributed by atoms with E-state index in [1.54, 1.807) is 48.4 Å². The largest absolute Gasteiger partial charge is 0.508 e. The van der Waals surface area contributed by atoms with Crippen LogP contribution in [0.5, 0.6) is 5.75 Å². The lowest BCUT2D eigenvalue weighted by Gasteiger charge is -2.42. The van der Waals surface area contributed by atoms with Gasteiger partial charge in [0.25, 0.3) is 0 Å². The highest BCUT2D eigenvalue weighted by atomic mass is 16.5. The van der Waals surface area contributed by atoms with Gasteiger partial charge in [0.2, 0.25) is 17.7 Å². The van der Waals surface area contributed by atoms with Crippen LogP contribution in [0, 0.1) is 28.6 Å². The summed E-state index contributed by atoms with van der Waals surface area (Å²) in [5.74, 6) is -3.10. The minimum Gasteiger partial charge on any atom is -0.508 e. The summed E-state index contributed by atoms with van der Waals surface area (Å²) < 4.78 is 15.0. The fourth-order valence-electron chi connectivity index (χ4n) is 12.2. The summed E-state index contributed by atoms with van der Waals surface area (Å²) in [6.07, 6.45) is 6.52. The average Bonchev–Trinajstić information content (AvgIpc) is 3.67. The van der Waals surface area contributed by atoms with Crippen molar-refractivity contribution in [3.63, 3.8) is 0 Å². The van der Waals surface area contributed by atoms with Gasteiger partial charge in [-0.15, -0.1) is 0 Å². The average molecular weight is 956 g/mol. The Labute approximate surface area is 411 Å². The summed E-state index contributed by atoms with van der Waals surface area (Å²) >= 11 is 0. The Morgan fingerprint density at radius 3 is 2.56 bits per heavy atom. The lowest BCUT2D eigenvalue weighted by molar-refractivity contribution is -0.157. The third-order valence-corrected chi connectivity index (χ3v) is 15.7. The summed E-state index contributed by atoms with van der Waals surface area (Å²) in [4.78, 5) is 82.0. The standard InChI is InChI=1S/C55H69N7O8/c1-10-61-42-18-17-34-27-39(42)44-45(50(69-9)46-38(48(44)61)14-11-20-56-46)54(4,5)31-70-52(67)41-15-12-22-62(57-41)53(68)55(28-33-24-36(34)26-37(63)25-33)29-40(55)49(65)47(32(2)3)59(8)51(66)35-19-23-60(30-35)43(64)16-13-21-58(6)7/h11,13-14,16-18,20,24-27,32,35,40-41,45,47,50,57,63H,10,12,15,19,21-23,28-31H2,1-9H3/b16-13+/t35-,40?,41-,45?,47-,50-,55-/m0/s1. The van der Waals surface area contributed by atoms with Gasteiger partial charge in [0, 0.05) is 92.9 Å². The SMILES string of the molecule is CCn1c2c3c4cc(ccc41)-c1cc(O)cc(c1)C[C@@]1(CC1C(=O)[C@H](C(C)C)N(C)C(=O)[C@H]1CCN(C(=O)/C=C/CN(C)C)C1)C(=O)N1CCC[C@H](N1)C(=O)OCC(C)(C)C3[C@H](OC)c1ncccc1-2. The first-order chi connectivity index (χ1) is 33.4. The lowest BCUT2D eigenvalue weighted by atomic mass is 9.67.